The van der Waals surface area contributed by atoms with Gasteiger partial charge in [-0.1, -0.05) is 11.6 Å². The molecule has 0 fully saturated rings. The molecular formula is C21H26ClN5O3. The molecule has 0 aliphatic rings. The molecular weight excluding hydrogens is 406 g/mol. The van der Waals surface area contributed by atoms with Crippen LogP contribution in [0.3, 0.4) is 0 Å². The standard InChI is InChI=1S/C21H26ClN5O3/c1-15(2)30-14-4-11-23-19(28)6-3-5-18-24-25-20-21(29)26(12-13-27(18)20)17-9-7-16(22)8-10-17/h7-10,12-13,15H,3-6,11,14H2,1-2H3,(H,23,28). The van der Waals surface area contributed by atoms with E-state index in [9.17, 15) is 9.59 Å². The minimum atomic E-state index is -0.264. The van der Waals surface area contributed by atoms with Gasteiger partial charge in [-0.25, -0.2) is 0 Å². The van der Waals surface area contributed by atoms with Gasteiger partial charge in [0.15, 0.2) is 0 Å². The van der Waals surface area contributed by atoms with Crippen LogP contribution in [-0.4, -0.2) is 44.3 Å². The van der Waals surface area contributed by atoms with Crippen LogP contribution in [0, 0.1) is 0 Å². The second-order valence-electron chi connectivity index (χ2n) is 7.24. The van der Waals surface area contributed by atoms with E-state index < -0.39 is 0 Å². The SMILES string of the molecule is CC(C)OCCCNC(=O)CCCc1nnc2c(=O)n(-c3ccc(Cl)cc3)ccn12. The molecule has 0 aliphatic carbocycles. The molecule has 0 spiro atoms. The molecule has 0 saturated heterocycles. The van der Waals surface area contributed by atoms with Crippen LogP contribution < -0.4 is 10.9 Å². The molecule has 1 amide bonds. The molecule has 0 unspecified atom stereocenters. The first kappa shape index (κ1) is 22.0. The molecule has 3 aromatic rings. The van der Waals surface area contributed by atoms with Gasteiger partial charge in [0.25, 0.3) is 0 Å². The number of nitrogens with zero attached hydrogens (tertiary/aromatic N) is 4. The van der Waals surface area contributed by atoms with Crippen LogP contribution in [0.1, 0.15) is 38.9 Å². The van der Waals surface area contributed by atoms with Crippen LogP contribution >= 0.6 is 11.6 Å². The first-order valence-electron chi connectivity index (χ1n) is 10.0. The van der Waals surface area contributed by atoms with E-state index in [2.05, 4.69) is 15.5 Å². The minimum Gasteiger partial charge on any atom is -0.379 e. The Hall–Kier alpha value is -2.71. The summed E-state index contributed by atoms with van der Waals surface area (Å²) in [5, 5.41) is 11.7. The zero-order valence-electron chi connectivity index (χ0n) is 17.2. The lowest BCUT2D eigenvalue weighted by Crippen LogP contribution is -2.25. The third-order valence-corrected chi connectivity index (χ3v) is 4.80. The normalized spacial score (nSPS) is 11.3. The summed E-state index contributed by atoms with van der Waals surface area (Å²) in [6.45, 7) is 5.21. The average Bonchev–Trinajstić information content (AvgIpc) is 3.13. The first-order chi connectivity index (χ1) is 14.5. The van der Waals surface area contributed by atoms with Gasteiger partial charge in [0.1, 0.15) is 5.82 Å². The van der Waals surface area contributed by atoms with Crippen LogP contribution in [-0.2, 0) is 16.0 Å². The van der Waals surface area contributed by atoms with E-state index in [0.29, 0.717) is 48.9 Å². The maximum atomic E-state index is 12.8. The number of carbonyl (C=O) groups is 1. The van der Waals surface area contributed by atoms with Crippen LogP contribution in [0.5, 0.6) is 0 Å². The first-order valence-corrected chi connectivity index (χ1v) is 10.4. The predicted octanol–water partition coefficient (Wildman–Crippen LogP) is 2.79. The quantitative estimate of drug-likeness (QED) is 0.498. The second kappa shape index (κ2) is 10.4. The highest BCUT2D eigenvalue weighted by molar-refractivity contribution is 6.30. The smallest absolute Gasteiger partial charge is 0.300 e. The van der Waals surface area contributed by atoms with Gasteiger partial charge in [-0.3, -0.25) is 18.6 Å². The van der Waals surface area contributed by atoms with Gasteiger partial charge >= 0.3 is 5.56 Å². The van der Waals surface area contributed by atoms with Crippen molar-refractivity contribution in [1.29, 1.82) is 0 Å². The molecule has 2 heterocycles. The Morgan fingerprint density at radius 1 is 1.17 bits per heavy atom. The summed E-state index contributed by atoms with van der Waals surface area (Å²) in [6, 6.07) is 6.99. The number of ether oxygens (including phenoxy) is 1. The van der Waals surface area contributed by atoms with E-state index in [1.165, 1.54) is 4.57 Å². The van der Waals surface area contributed by atoms with Gasteiger partial charge in [0.05, 0.1) is 6.10 Å². The zero-order valence-corrected chi connectivity index (χ0v) is 17.9. The summed E-state index contributed by atoms with van der Waals surface area (Å²) in [7, 11) is 0. The lowest BCUT2D eigenvalue weighted by molar-refractivity contribution is -0.121. The van der Waals surface area contributed by atoms with Crippen LogP contribution in [0.2, 0.25) is 5.02 Å². The topological polar surface area (TPSA) is 90.5 Å². The number of fused-ring (bicyclic) bond motifs is 1. The fraction of sp³-hybridized carbons (Fsp3) is 0.429. The molecule has 1 aromatic carbocycles. The summed E-state index contributed by atoms with van der Waals surface area (Å²) in [5.41, 5.74) is 0.684. The van der Waals surface area contributed by atoms with Crippen molar-refractivity contribution < 1.29 is 9.53 Å². The number of aryl methyl sites for hydroxylation is 1. The Balaban J connectivity index is 1.55. The van der Waals surface area contributed by atoms with E-state index in [1.54, 1.807) is 41.1 Å². The molecule has 1 N–H and O–H groups in total. The lowest BCUT2D eigenvalue weighted by Gasteiger charge is -2.08. The number of nitrogens with one attached hydrogen (secondary N) is 1. The van der Waals surface area contributed by atoms with E-state index in [-0.39, 0.29) is 23.2 Å². The number of hydrogen-bond acceptors (Lipinski definition) is 5. The maximum Gasteiger partial charge on any atom is 0.300 e. The van der Waals surface area contributed by atoms with E-state index in [0.717, 1.165) is 6.42 Å². The molecule has 9 heteroatoms. The van der Waals surface area contributed by atoms with Crippen molar-refractivity contribution in [2.45, 2.75) is 45.6 Å². The van der Waals surface area contributed by atoms with Gasteiger partial charge < -0.3 is 10.1 Å². The van der Waals surface area contributed by atoms with Gasteiger partial charge in [-0.2, -0.15) is 0 Å². The van der Waals surface area contributed by atoms with Crippen molar-refractivity contribution in [3.05, 3.63) is 57.9 Å². The predicted molar refractivity (Wildman–Crippen MR) is 115 cm³/mol. The summed E-state index contributed by atoms with van der Waals surface area (Å²) in [5.74, 6) is 0.655. The molecule has 0 saturated carbocycles. The molecule has 0 atom stereocenters. The van der Waals surface area contributed by atoms with Gasteiger partial charge in [0.2, 0.25) is 11.6 Å². The molecule has 8 nitrogen and oxygen atoms in total. The summed E-state index contributed by atoms with van der Waals surface area (Å²) in [6.07, 6.45) is 5.99. The third-order valence-electron chi connectivity index (χ3n) is 4.54. The molecule has 0 aliphatic heterocycles. The number of aromatic nitrogens is 4. The highest BCUT2D eigenvalue weighted by Crippen LogP contribution is 2.12. The number of rotatable bonds is 10. The van der Waals surface area contributed by atoms with Crippen molar-refractivity contribution in [3.8, 4) is 5.69 Å². The molecule has 30 heavy (non-hydrogen) atoms. The number of hydrogen-bond donors (Lipinski definition) is 1. The maximum absolute atomic E-state index is 12.8. The van der Waals surface area contributed by atoms with Crippen molar-refractivity contribution >= 4 is 23.2 Å². The van der Waals surface area contributed by atoms with Crippen LogP contribution in [0.25, 0.3) is 11.3 Å². The van der Waals surface area contributed by atoms with Gasteiger partial charge in [-0.05, 0) is 51.0 Å². The Bertz CT molecular complexity index is 1040. The second-order valence-corrected chi connectivity index (χ2v) is 7.67. The number of benzene rings is 1. The van der Waals surface area contributed by atoms with Crippen LogP contribution in [0.15, 0.2) is 41.5 Å². The number of halogens is 1. The van der Waals surface area contributed by atoms with Crippen molar-refractivity contribution in [2.75, 3.05) is 13.2 Å². The molecule has 160 valence electrons. The summed E-state index contributed by atoms with van der Waals surface area (Å²) in [4.78, 5) is 24.7. The Morgan fingerprint density at radius 2 is 1.93 bits per heavy atom. The highest BCUT2D eigenvalue weighted by Gasteiger charge is 2.12. The number of carbonyl (C=O) groups excluding carboxylic acids is 1. The minimum absolute atomic E-state index is 0.00142. The fourth-order valence-corrected chi connectivity index (χ4v) is 3.15. The molecule has 0 bridgehead atoms. The Kier molecular flexibility index (Phi) is 7.59. The van der Waals surface area contributed by atoms with Crippen molar-refractivity contribution in [1.82, 2.24) is 24.5 Å². The monoisotopic (exact) mass is 431 g/mol. The Labute approximate surface area is 179 Å². The highest BCUT2D eigenvalue weighted by atomic mass is 35.5. The van der Waals surface area contributed by atoms with E-state index in [4.69, 9.17) is 16.3 Å². The fourth-order valence-electron chi connectivity index (χ4n) is 3.02. The molecule has 3 rings (SSSR count). The molecule has 0 radical (unpaired) electrons. The summed E-state index contributed by atoms with van der Waals surface area (Å²) < 4.78 is 8.62. The van der Waals surface area contributed by atoms with E-state index in [1.807, 2.05) is 13.8 Å². The van der Waals surface area contributed by atoms with E-state index >= 15 is 0 Å². The molecule has 2 aromatic heterocycles. The number of amides is 1. The van der Waals surface area contributed by atoms with Crippen molar-refractivity contribution in [3.63, 3.8) is 0 Å². The van der Waals surface area contributed by atoms with Gasteiger partial charge in [0, 0.05) is 49.1 Å². The largest absolute Gasteiger partial charge is 0.379 e. The average molecular weight is 432 g/mol. The van der Waals surface area contributed by atoms with Crippen molar-refractivity contribution in [2.24, 2.45) is 0 Å². The van der Waals surface area contributed by atoms with Crippen LogP contribution in [0.4, 0.5) is 0 Å². The zero-order chi connectivity index (χ0) is 21.5. The van der Waals surface area contributed by atoms with Gasteiger partial charge in [-0.15, -0.1) is 10.2 Å². The third kappa shape index (κ3) is 5.67. The summed E-state index contributed by atoms with van der Waals surface area (Å²) >= 11 is 5.91. The Morgan fingerprint density at radius 3 is 2.67 bits per heavy atom. The lowest BCUT2D eigenvalue weighted by atomic mass is 10.2.